The number of hydrogen-bond acceptors (Lipinski definition) is 5. The van der Waals surface area contributed by atoms with Crippen LogP contribution >= 0.6 is 11.3 Å². The summed E-state index contributed by atoms with van der Waals surface area (Å²) >= 11 is 1.32. The number of hydrogen-bond donors (Lipinski definition) is 1. The second kappa shape index (κ2) is 5.70. The fourth-order valence-electron chi connectivity index (χ4n) is 1.34. The topological polar surface area (TPSA) is 55.8 Å². The molecule has 0 radical (unpaired) electrons. The Morgan fingerprint density at radius 1 is 1.33 bits per heavy atom. The molecule has 1 heterocycles. The molecule has 0 fully saturated rings. The zero-order valence-corrected chi connectivity index (χ0v) is 10.5. The highest BCUT2D eigenvalue weighted by atomic mass is 32.1. The molecule has 0 aliphatic heterocycles. The molecule has 0 aliphatic rings. The Bertz CT molecular complexity index is 526. The normalized spacial score (nSPS) is 9.89. The highest BCUT2D eigenvalue weighted by molar-refractivity contribution is 7.20. The third-order valence-electron chi connectivity index (χ3n) is 2.15. The van der Waals surface area contributed by atoms with Gasteiger partial charge in [0, 0.05) is 4.78 Å². The summed E-state index contributed by atoms with van der Waals surface area (Å²) in [5, 5.41) is 11.5. The van der Waals surface area contributed by atoms with Gasteiger partial charge in [-0.2, -0.15) is 11.3 Å². The van der Waals surface area contributed by atoms with Crippen LogP contribution in [0.1, 0.15) is 5.56 Å². The van der Waals surface area contributed by atoms with E-state index in [1.807, 2.05) is 18.4 Å². The summed E-state index contributed by atoms with van der Waals surface area (Å²) in [6, 6.07) is 10.3. The van der Waals surface area contributed by atoms with E-state index in [-0.39, 0.29) is 0 Å². The van der Waals surface area contributed by atoms with Gasteiger partial charge in [-0.1, -0.05) is 18.2 Å². The number of carbonyl (C=O) groups excluding carboxylic acids is 1. The van der Waals surface area contributed by atoms with E-state index in [1.165, 1.54) is 11.3 Å². The molecule has 0 saturated carbocycles. The van der Waals surface area contributed by atoms with E-state index in [0.29, 0.717) is 10.5 Å². The molecule has 1 aromatic carbocycles. The molecule has 0 saturated heterocycles. The van der Waals surface area contributed by atoms with Gasteiger partial charge in [-0.25, -0.2) is 4.79 Å². The fourth-order valence-corrected chi connectivity index (χ4v) is 2.15. The molecular formula is C12H11BO4S. The predicted octanol–water partition coefficient (Wildman–Crippen LogP) is 1.96. The number of rotatable bonds is 3. The Kier molecular flexibility index (Phi) is 4.01. The quantitative estimate of drug-likeness (QED) is 0.522. The number of carbonyl (C=O) groups is 1. The third kappa shape index (κ3) is 3.35. The monoisotopic (exact) mass is 262 g/mol. The Morgan fingerprint density at radius 2 is 2.06 bits per heavy atom. The molecule has 0 amide bonds. The van der Waals surface area contributed by atoms with Crippen LogP contribution in [-0.2, 0) is 4.65 Å². The summed E-state index contributed by atoms with van der Waals surface area (Å²) in [5.74, 6) is 0.372. The minimum absolute atomic E-state index is 0.372. The zero-order chi connectivity index (χ0) is 13.0. The SMILES string of the molecule is Cc1csc(B(O)OC(=O)Oc2ccccc2)c1. The van der Waals surface area contributed by atoms with E-state index >= 15 is 0 Å². The summed E-state index contributed by atoms with van der Waals surface area (Å²) in [5.41, 5.74) is 1.01. The lowest BCUT2D eigenvalue weighted by atomic mass is 9.88. The number of thiophene rings is 1. The Morgan fingerprint density at radius 3 is 2.67 bits per heavy atom. The van der Waals surface area contributed by atoms with Gasteiger partial charge in [0.2, 0.25) is 0 Å². The van der Waals surface area contributed by atoms with E-state index in [9.17, 15) is 9.82 Å². The van der Waals surface area contributed by atoms with Gasteiger partial charge < -0.3 is 14.4 Å². The van der Waals surface area contributed by atoms with Crippen LogP contribution in [0.15, 0.2) is 41.8 Å². The van der Waals surface area contributed by atoms with Crippen molar-refractivity contribution in [3.63, 3.8) is 0 Å². The number of benzene rings is 1. The van der Waals surface area contributed by atoms with Gasteiger partial charge in [-0.15, -0.1) is 0 Å². The molecule has 0 spiro atoms. The summed E-state index contributed by atoms with van der Waals surface area (Å²) in [4.78, 5) is 11.4. The van der Waals surface area contributed by atoms with Gasteiger partial charge in [0.25, 0.3) is 0 Å². The van der Waals surface area contributed by atoms with Crippen LogP contribution in [-0.4, -0.2) is 18.3 Å². The van der Waals surface area contributed by atoms with Crippen molar-refractivity contribution in [1.29, 1.82) is 0 Å². The Labute approximate surface area is 109 Å². The summed E-state index contributed by atoms with van der Waals surface area (Å²) < 4.78 is 10.2. The average Bonchev–Trinajstić information content (AvgIpc) is 2.77. The molecule has 1 N–H and O–H groups in total. The third-order valence-corrected chi connectivity index (χ3v) is 3.23. The van der Waals surface area contributed by atoms with Crippen molar-refractivity contribution in [2.24, 2.45) is 0 Å². The molecule has 92 valence electrons. The summed E-state index contributed by atoms with van der Waals surface area (Å²) in [6.45, 7) is 1.90. The maximum absolute atomic E-state index is 11.4. The minimum Gasteiger partial charge on any atom is -0.472 e. The molecule has 6 heteroatoms. The smallest absolute Gasteiger partial charge is 0.472 e. The van der Waals surface area contributed by atoms with Crippen molar-refractivity contribution in [3.05, 3.63) is 47.3 Å². The fraction of sp³-hybridized carbons (Fsp3) is 0.0833. The van der Waals surface area contributed by atoms with Crippen LogP contribution in [0.3, 0.4) is 0 Å². The van der Waals surface area contributed by atoms with Gasteiger partial charge in [-0.05, 0) is 36.1 Å². The highest BCUT2D eigenvalue weighted by Crippen LogP contribution is 2.10. The van der Waals surface area contributed by atoms with E-state index in [2.05, 4.69) is 0 Å². The first-order valence-electron chi connectivity index (χ1n) is 5.32. The van der Waals surface area contributed by atoms with E-state index < -0.39 is 13.3 Å². The van der Waals surface area contributed by atoms with E-state index in [4.69, 9.17) is 9.39 Å². The lowest BCUT2D eigenvalue weighted by Gasteiger charge is -2.07. The van der Waals surface area contributed by atoms with Gasteiger partial charge in [0.05, 0.1) is 0 Å². The van der Waals surface area contributed by atoms with Crippen molar-refractivity contribution in [1.82, 2.24) is 0 Å². The molecule has 2 aromatic rings. The highest BCUT2D eigenvalue weighted by Gasteiger charge is 2.24. The Hall–Kier alpha value is -1.79. The molecular weight excluding hydrogens is 251 g/mol. The summed E-state index contributed by atoms with van der Waals surface area (Å²) in [7, 11) is -1.29. The van der Waals surface area contributed by atoms with Crippen molar-refractivity contribution in [3.8, 4) is 5.75 Å². The Balaban J connectivity index is 1.92. The molecule has 4 nitrogen and oxygen atoms in total. The number of ether oxygens (including phenoxy) is 1. The van der Waals surface area contributed by atoms with Gasteiger partial charge >= 0.3 is 13.3 Å². The van der Waals surface area contributed by atoms with Gasteiger partial charge in [-0.3, -0.25) is 0 Å². The van der Waals surface area contributed by atoms with Crippen molar-refractivity contribution in [2.45, 2.75) is 6.92 Å². The molecule has 18 heavy (non-hydrogen) atoms. The molecule has 1 aromatic heterocycles. The lowest BCUT2D eigenvalue weighted by molar-refractivity contribution is 0.145. The molecule has 0 bridgehead atoms. The largest absolute Gasteiger partial charge is 0.575 e. The minimum atomic E-state index is -1.29. The number of aryl methyl sites for hydroxylation is 1. The van der Waals surface area contributed by atoms with Gasteiger partial charge in [0.1, 0.15) is 5.75 Å². The van der Waals surface area contributed by atoms with Crippen LogP contribution in [0.2, 0.25) is 0 Å². The maximum atomic E-state index is 11.4. The van der Waals surface area contributed by atoms with Gasteiger partial charge in [0.15, 0.2) is 0 Å². The first-order valence-corrected chi connectivity index (χ1v) is 6.20. The zero-order valence-electron chi connectivity index (χ0n) is 9.70. The first kappa shape index (κ1) is 12.7. The first-order chi connectivity index (χ1) is 8.65. The van der Waals surface area contributed by atoms with Crippen molar-refractivity contribution < 1.29 is 19.2 Å². The standard InChI is InChI=1S/C12H11BO4S/c1-9-7-11(18-8-9)13(15)17-12(14)16-10-5-3-2-4-6-10/h2-8,15H,1H3. The predicted molar refractivity (Wildman–Crippen MR) is 70.2 cm³/mol. The molecule has 0 unspecified atom stereocenters. The van der Waals surface area contributed by atoms with Crippen LogP contribution < -0.4 is 9.51 Å². The number of para-hydroxylation sites is 1. The van der Waals surface area contributed by atoms with Crippen LogP contribution in [0.25, 0.3) is 0 Å². The second-order valence-corrected chi connectivity index (χ2v) is 4.60. The van der Waals surface area contributed by atoms with Crippen LogP contribution in [0, 0.1) is 6.92 Å². The van der Waals surface area contributed by atoms with E-state index in [1.54, 1.807) is 30.3 Å². The maximum Gasteiger partial charge on any atom is 0.575 e. The molecule has 2 rings (SSSR count). The molecule has 0 atom stereocenters. The lowest BCUT2D eigenvalue weighted by Crippen LogP contribution is -2.34. The average molecular weight is 262 g/mol. The van der Waals surface area contributed by atoms with Crippen LogP contribution in [0.4, 0.5) is 4.79 Å². The van der Waals surface area contributed by atoms with Crippen LogP contribution in [0.5, 0.6) is 5.75 Å². The van der Waals surface area contributed by atoms with Crippen molar-refractivity contribution >= 4 is 29.4 Å². The summed E-state index contributed by atoms with van der Waals surface area (Å²) in [6.07, 6.45) is -0.931. The molecule has 0 aliphatic carbocycles. The van der Waals surface area contributed by atoms with E-state index in [0.717, 1.165) is 5.56 Å². The second-order valence-electron chi connectivity index (χ2n) is 3.66. The van der Waals surface area contributed by atoms with Crippen molar-refractivity contribution in [2.75, 3.05) is 0 Å².